The Morgan fingerprint density at radius 2 is 1.90 bits per heavy atom. The largest absolute Gasteiger partial charge is 0.352 e. The zero-order valence-electron chi connectivity index (χ0n) is 17.3. The Balaban J connectivity index is 0.00000320. The van der Waals surface area contributed by atoms with Crippen LogP contribution in [-0.4, -0.2) is 59.1 Å². The molecule has 2 heterocycles. The van der Waals surface area contributed by atoms with E-state index >= 15 is 0 Å². The lowest BCUT2D eigenvalue weighted by Gasteiger charge is -2.13. The molecule has 30 heavy (non-hydrogen) atoms. The highest BCUT2D eigenvalue weighted by Gasteiger charge is 2.07. The highest BCUT2D eigenvalue weighted by molar-refractivity contribution is 14.0. The summed E-state index contributed by atoms with van der Waals surface area (Å²) < 4.78 is 1.93. The smallest absolute Gasteiger partial charge is 0.238 e. The van der Waals surface area contributed by atoms with E-state index < -0.39 is 0 Å². The number of pyridine rings is 1. The third kappa shape index (κ3) is 6.66. The molecule has 0 fully saturated rings. The molecule has 3 rings (SSSR count). The molecule has 0 aliphatic heterocycles. The zero-order chi connectivity index (χ0) is 20.6. The summed E-state index contributed by atoms with van der Waals surface area (Å²) in [5.74, 6) is 1.41. The van der Waals surface area contributed by atoms with Crippen LogP contribution in [0.1, 0.15) is 11.4 Å². The van der Waals surface area contributed by atoms with Crippen molar-refractivity contribution in [1.29, 1.82) is 0 Å². The van der Waals surface area contributed by atoms with Gasteiger partial charge in [-0.2, -0.15) is 0 Å². The van der Waals surface area contributed by atoms with E-state index in [0.717, 1.165) is 22.7 Å². The van der Waals surface area contributed by atoms with E-state index in [4.69, 9.17) is 0 Å². The maximum absolute atomic E-state index is 11.9. The van der Waals surface area contributed by atoms with Crippen molar-refractivity contribution < 1.29 is 4.79 Å². The minimum Gasteiger partial charge on any atom is -0.352 e. The van der Waals surface area contributed by atoms with E-state index in [1.54, 1.807) is 7.05 Å². The third-order valence-electron chi connectivity index (χ3n) is 4.15. The minimum absolute atomic E-state index is 0. The molecule has 3 N–H and O–H groups in total. The van der Waals surface area contributed by atoms with Crippen molar-refractivity contribution in [3.05, 3.63) is 60.0 Å². The number of carbonyl (C=O) groups excluding carboxylic acids is 1. The number of halogens is 1. The van der Waals surface area contributed by atoms with Gasteiger partial charge in [0.05, 0.1) is 13.1 Å². The third-order valence-corrected chi connectivity index (χ3v) is 4.15. The van der Waals surface area contributed by atoms with Gasteiger partial charge in [-0.25, -0.2) is 0 Å². The molecule has 0 aliphatic rings. The van der Waals surface area contributed by atoms with Crippen LogP contribution in [0.2, 0.25) is 0 Å². The maximum Gasteiger partial charge on any atom is 0.238 e. The van der Waals surface area contributed by atoms with Crippen molar-refractivity contribution in [2.24, 2.45) is 4.99 Å². The molecule has 1 amide bonds. The minimum atomic E-state index is -0.0434. The summed E-state index contributed by atoms with van der Waals surface area (Å²) in [6.45, 7) is 1.40. The standard InChI is InChI=1S/C20H26N8O.HI/c1-21-20(23-13-18-26-25-17-9-4-5-10-28(17)18)22-12-15-7-6-8-16(11-15)24-19(29)14-27(2)3;/h4-11H,12-14H2,1-3H3,(H,24,29)(H2,21,22,23);1H. The van der Waals surface area contributed by atoms with Gasteiger partial charge in [0, 0.05) is 25.5 Å². The van der Waals surface area contributed by atoms with Crippen molar-refractivity contribution in [3.8, 4) is 0 Å². The van der Waals surface area contributed by atoms with E-state index in [0.29, 0.717) is 25.6 Å². The number of carbonyl (C=O) groups is 1. The number of nitrogens with zero attached hydrogens (tertiary/aromatic N) is 5. The molecule has 0 aliphatic carbocycles. The monoisotopic (exact) mass is 522 g/mol. The van der Waals surface area contributed by atoms with Crippen LogP contribution in [0, 0.1) is 0 Å². The number of rotatable bonds is 7. The molecule has 10 heteroatoms. The Bertz CT molecular complexity index is 1000. The van der Waals surface area contributed by atoms with Crippen LogP contribution in [0.5, 0.6) is 0 Å². The van der Waals surface area contributed by atoms with E-state index in [1.807, 2.05) is 72.1 Å². The van der Waals surface area contributed by atoms with Crippen molar-refractivity contribution >= 4 is 47.2 Å². The molecule has 160 valence electrons. The van der Waals surface area contributed by atoms with Crippen molar-refractivity contribution in [3.63, 3.8) is 0 Å². The van der Waals surface area contributed by atoms with Crippen LogP contribution in [0.15, 0.2) is 53.7 Å². The average Bonchev–Trinajstić information content (AvgIpc) is 3.11. The van der Waals surface area contributed by atoms with Gasteiger partial charge in [-0.3, -0.25) is 14.2 Å². The zero-order valence-corrected chi connectivity index (χ0v) is 19.6. The van der Waals surface area contributed by atoms with E-state index in [1.165, 1.54) is 0 Å². The van der Waals surface area contributed by atoms with Gasteiger partial charge >= 0.3 is 0 Å². The summed E-state index contributed by atoms with van der Waals surface area (Å²) in [7, 11) is 5.44. The average molecular weight is 522 g/mol. The van der Waals surface area contributed by atoms with E-state index in [9.17, 15) is 4.79 Å². The lowest BCUT2D eigenvalue weighted by Crippen LogP contribution is -2.36. The normalized spacial score (nSPS) is 11.3. The van der Waals surface area contributed by atoms with Crippen LogP contribution in [0.4, 0.5) is 5.69 Å². The number of likely N-dealkylation sites (N-methyl/N-ethyl adjacent to an activating group) is 1. The first-order chi connectivity index (χ1) is 14.0. The van der Waals surface area contributed by atoms with E-state index in [2.05, 4.69) is 31.1 Å². The van der Waals surface area contributed by atoms with Gasteiger partial charge in [0.15, 0.2) is 17.4 Å². The van der Waals surface area contributed by atoms with Crippen LogP contribution in [0.25, 0.3) is 5.65 Å². The molecule has 0 unspecified atom stereocenters. The summed E-state index contributed by atoms with van der Waals surface area (Å²) in [4.78, 5) is 18.0. The Kier molecular flexibility index (Phi) is 8.99. The lowest BCUT2D eigenvalue weighted by atomic mass is 10.2. The molecule has 3 aromatic rings. The molecule has 0 bridgehead atoms. The summed E-state index contributed by atoms with van der Waals surface area (Å²) >= 11 is 0. The molecule has 2 aromatic heterocycles. The fourth-order valence-corrected chi connectivity index (χ4v) is 2.83. The number of nitrogens with one attached hydrogen (secondary N) is 3. The van der Waals surface area contributed by atoms with Crippen molar-refractivity contribution in [2.75, 3.05) is 33.0 Å². The number of aliphatic imine (C=N–C) groups is 1. The number of anilines is 1. The number of hydrogen-bond acceptors (Lipinski definition) is 5. The van der Waals surface area contributed by atoms with Gasteiger partial charge in [0.1, 0.15) is 0 Å². The second-order valence-corrected chi connectivity index (χ2v) is 6.81. The lowest BCUT2D eigenvalue weighted by molar-refractivity contribution is -0.116. The van der Waals surface area contributed by atoms with Gasteiger partial charge in [-0.15, -0.1) is 34.2 Å². The molecule has 9 nitrogen and oxygen atoms in total. The van der Waals surface area contributed by atoms with Gasteiger partial charge in [-0.05, 0) is 43.9 Å². The van der Waals surface area contributed by atoms with Crippen LogP contribution >= 0.6 is 24.0 Å². The first-order valence-corrected chi connectivity index (χ1v) is 9.32. The summed E-state index contributed by atoms with van der Waals surface area (Å²) in [6.07, 6.45) is 1.93. The van der Waals surface area contributed by atoms with Gasteiger partial charge in [-0.1, -0.05) is 18.2 Å². The van der Waals surface area contributed by atoms with E-state index in [-0.39, 0.29) is 29.9 Å². The molecule has 0 atom stereocenters. The topological polar surface area (TPSA) is 99.0 Å². The number of guanidine groups is 1. The molecular formula is C20H27IN8O. The number of fused-ring (bicyclic) bond motifs is 1. The van der Waals surface area contributed by atoms with Crippen molar-refractivity contribution in [1.82, 2.24) is 30.1 Å². The molecule has 0 saturated carbocycles. The first kappa shape index (κ1) is 23.5. The molecular weight excluding hydrogens is 495 g/mol. The Hall–Kier alpha value is -2.73. The van der Waals surface area contributed by atoms with Crippen molar-refractivity contribution in [2.45, 2.75) is 13.1 Å². The van der Waals surface area contributed by atoms with Gasteiger partial charge in [0.2, 0.25) is 5.91 Å². The molecule has 1 aromatic carbocycles. The molecule has 0 spiro atoms. The Morgan fingerprint density at radius 1 is 1.10 bits per heavy atom. The fraction of sp³-hybridized carbons (Fsp3) is 0.300. The quantitative estimate of drug-likeness (QED) is 0.248. The number of amides is 1. The number of hydrogen-bond donors (Lipinski definition) is 3. The summed E-state index contributed by atoms with van der Waals surface area (Å²) in [6, 6.07) is 13.5. The van der Waals surface area contributed by atoms with Crippen LogP contribution in [0.3, 0.4) is 0 Å². The predicted molar refractivity (Wildman–Crippen MR) is 129 cm³/mol. The second-order valence-electron chi connectivity index (χ2n) is 6.81. The number of aromatic nitrogens is 3. The molecule has 0 radical (unpaired) electrons. The fourth-order valence-electron chi connectivity index (χ4n) is 2.83. The highest BCUT2D eigenvalue weighted by atomic mass is 127. The predicted octanol–water partition coefficient (Wildman–Crippen LogP) is 1.71. The summed E-state index contributed by atoms with van der Waals surface area (Å²) in [5, 5.41) is 17.8. The maximum atomic E-state index is 11.9. The number of benzene rings is 1. The Labute approximate surface area is 193 Å². The SMILES string of the molecule is CN=C(NCc1cccc(NC(=O)CN(C)C)c1)NCc1nnc2ccccn12.I. The first-order valence-electron chi connectivity index (χ1n) is 9.32. The van der Waals surface area contributed by atoms with Gasteiger partial charge < -0.3 is 20.9 Å². The van der Waals surface area contributed by atoms with Crippen LogP contribution < -0.4 is 16.0 Å². The summed E-state index contributed by atoms with van der Waals surface area (Å²) in [5.41, 5.74) is 2.61. The van der Waals surface area contributed by atoms with Crippen LogP contribution in [-0.2, 0) is 17.9 Å². The second kappa shape index (κ2) is 11.5. The highest BCUT2D eigenvalue weighted by Crippen LogP contribution is 2.10. The molecule has 0 saturated heterocycles. The Morgan fingerprint density at radius 3 is 2.67 bits per heavy atom. The van der Waals surface area contributed by atoms with Gasteiger partial charge in [0.25, 0.3) is 0 Å².